The van der Waals surface area contributed by atoms with Crippen LogP contribution in [-0.4, -0.2) is 61.5 Å². The molecular formula is C24H24N2O6. The maximum atomic E-state index is 13.7. The van der Waals surface area contributed by atoms with Crippen LogP contribution in [0.3, 0.4) is 0 Å². The average Bonchev–Trinajstić information content (AvgIpc) is 3.16. The lowest BCUT2D eigenvalue weighted by molar-refractivity contribution is -0.144. The van der Waals surface area contributed by atoms with Crippen LogP contribution in [0.1, 0.15) is 18.1 Å². The van der Waals surface area contributed by atoms with Gasteiger partial charge in [-0.1, -0.05) is 18.2 Å². The first-order chi connectivity index (χ1) is 15.4. The summed E-state index contributed by atoms with van der Waals surface area (Å²) in [5.41, 5.74) is -0.669. The number of benzene rings is 2. The van der Waals surface area contributed by atoms with Crippen LogP contribution < -0.4 is 9.64 Å². The number of aliphatic hydroxyl groups is 1. The number of carbonyl (C=O) groups excluding carboxylic acids is 3. The lowest BCUT2D eigenvalue weighted by atomic mass is 9.82. The van der Waals surface area contributed by atoms with E-state index in [1.54, 1.807) is 55.6 Å². The molecule has 8 nitrogen and oxygen atoms in total. The van der Waals surface area contributed by atoms with Gasteiger partial charge in [-0.05, 0) is 37.3 Å². The number of likely N-dealkylation sites (tertiary alicyclic amines) is 1. The molecule has 4 rings (SSSR count). The van der Waals surface area contributed by atoms with Gasteiger partial charge in [-0.2, -0.15) is 0 Å². The van der Waals surface area contributed by atoms with Crippen LogP contribution in [0.4, 0.5) is 5.69 Å². The van der Waals surface area contributed by atoms with Crippen molar-refractivity contribution in [2.75, 3.05) is 38.8 Å². The Morgan fingerprint density at radius 3 is 2.41 bits per heavy atom. The minimum atomic E-state index is -1.76. The molecule has 1 N–H and O–H groups in total. The second kappa shape index (κ2) is 8.12. The Morgan fingerprint density at radius 2 is 1.75 bits per heavy atom. The Bertz CT molecular complexity index is 1120. The molecule has 0 aromatic heterocycles. The van der Waals surface area contributed by atoms with Crippen LogP contribution >= 0.6 is 0 Å². The highest BCUT2D eigenvalue weighted by molar-refractivity contribution is 6.50. The first-order valence-corrected chi connectivity index (χ1v) is 10.3. The largest absolute Gasteiger partial charge is 0.507 e. The van der Waals surface area contributed by atoms with E-state index in [9.17, 15) is 19.5 Å². The number of fused-ring (bicyclic) bond motifs is 2. The van der Waals surface area contributed by atoms with Gasteiger partial charge in [0.25, 0.3) is 17.6 Å². The van der Waals surface area contributed by atoms with Crippen LogP contribution in [-0.2, 0) is 24.7 Å². The molecule has 166 valence electrons. The number of rotatable bonds is 6. The Balaban J connectivity index is 1.98. The first-order valence-electron chi connectivity index (χ1n) is 10.3. The van der Waals surface area contributed by atoms with Crippen molar-refractivity contribution in [1.29, 1.82) is 0 Å². The van der Waals surface area contributed by atoms with Gasteiger partial charge >= 0.3 is 0 Å². The Labute approximate surface area is 185 Å². The summed E-state index contributed by atoms with van der Waals surface area (Å²) in [4.78, 5) is 42.7. The predicted molar refractivity (Wildman–Crippen MR) is 117 cm³/mol. The fourth-order valence-electron chi connectivity index (χ4n) is 4.47. The summed E-state index contributed by atoms with van der Waals surface area (Å²) in [7, 11) is 3.06. The summed E-state index contributed by atoms with van der Waals surface area (Å²) >= 11 is 0. The molecule has 0 saturated carbocycles. The maximum Gasteiger partial charge on any atom is 0.296 e. The Hall–Kier alpha value is -3.65. The number of aliphatic hydroxyl groups excluding tert-OH is 1. The number of para-hydroxylation sites is 1. The molecule has 1 atom stereocenters. The number of hydrogen-bond acceptors (Lipinski definition) is 6. The zero-order valence-corrected chi connectivity index (χ0v) is 18.1. The van der Waals surface area contributed by atoms with Gasteiger partial charge in [-0.15, -0.1) is 0 Å². The molecule has 0 aliphatic carbocycles. The third kappa shape index (κ3) is 2.90. The number of nitrogens with zero attached hydrogens (tertiary/aromatic N) is 2. The summed E-state index contributed by atoms with van der Waals surface area (Å²) in [6.07, 6.45) is 0. The summed E-state index contributed by atoms with van der Waals surface area (Å²) in [6.45, 7) is 2.47. The monoisotopic (exact) mass is 436 g/mol. The minimum Gasteiger partial charge on any atom is -0.507 e. The van der Waals surface area contributed by atoms with Gasteiger partial charge in [0.2, 0.25) is 0 Å². The third-order valence-corrected chi connectivity index (χ3v) is 5.90. The number of ketones is 1. The molecule has 2 aliphatic heterocycles. The van der Waals surface area contributed by atoms with Crippen molar-refractivity contribution in [3.63, 3.8) is 0 Å². The lowest BCUT2D eigenvalue weighted by Crippen LogP contribution is -2.52. The van der Waals surface area contributed by atoms with Gasteiger partial charge in [0.05, 0.1) is 18.8 Å². The van der Waals surface area contributed by atoms with E-state index in [4.69, 9.17) is 9.47 Å². The molecule has 8 heteroatoms. The van der Waals surface area contributed by atoms with Crippen molar-refractivity contribution in [1.82, 2.24) is 4.90 Å². The zero-order valence-electron chi connectivity index (χ0n) is 18.1. The van der Waals surface area contributed by atoms with Gasteiger partial charge in [0.15, 0.2) is 5.54 Å². The van der Waals surface area contributed by atoms with Gasteiger partial charge < -0.3 is 24.4 Å². The number of hydrogen-bond donors (Lipinski definition) is 1. The highest BCUT2D eigenvalue weighted by Gasteiger charge is 2.66. The van der Waals surface area contributed by atoms with E-state index >= 15 is 0 Å². The topological polar surface area (TPSA) is 96.4 Å². The van der Waals surface area contributed by atoms with E-state index in [1.807, 2.05) is 6.92 Å². The molecular weight excluding hydrogens is 412 g/mol. The average molecular weight is 436 g/mol. The second-order valence-electron chi connectivity index (χ2n) is 7.55. The molecule has 2 aromatic carbocycles. The fraction of sp³-hybridized carbons (Fsp3) is 0.292. The molecule has 2 amide bonds. The summed E-state index contributed by atoms with van der Waals surface area (Å²) in [5, 5.41) is 11.3. The summed E-state index contributed by atoms with van der Waals surface area (Å²) in [5.74, 6) is -2.06. The van der Waals surface area contributed by atoms with Gasteiger partial charge in [-0.25, -0.2) is 0 Å². The molecule has 32 heavy (non-hydrogen) atoms. The third-order valence-electron chi connectivity index (χ3n) is 5.90. The van der Waals surface area contributed by atoms with Crippen molar-refractivity contribution >= 4 is 29.0 Å². The molecule has 2 aliphatic rings. The van der Waals surface area contributed by atoms with Crippen molar-refractivity contribution in [3.8, 4) is 5.75 Å². The number of carbonyl (C=O) groups is 3. The fourth-order valence-corrected chi connectivity index (χ4v) is 4.47. The molecule has 1 fully saturated rings. The Morgan fingerprint density at radius 1 is 1.06 bits per heavy atom. The maximum absolute atomic E-state index is 13.7. The number of likely N-dealkylation sites (N-methyl/N-ethyl adjacent to an activating group) is 1. The van der Waals surface area contributed by atoms with E-state index in [0.29, 0.717) is 29.2 Å². The van der Waals surface area contributed by atoms with E-state index < -0.39 is 28.9 Å². The van der Waals surface area contributed by atoms with Crippen LogP contribution in [0.25, 0.3) is 5.76 Å². The quantitative estimate of drug-likeness (QED) is 0.424. The normalized spacial score (nSPS) is 21.5. The molecule has 0 radical (unpaired) electrons. The zero-order chi connectivity index (χ0) is 23.0. The van der Waals surface area contributed by atoms with Gasteiger partial charge in [-0.3, -0.25) is 14.4 Å². The molecule has 0 bridgehead atoms. The number of amides is 2. The minimum absolute atomic E-state index is 0.00897. The van der Waals surface area contributed by atoms with Crippen molar-refractivity contribution in [2.45, 2.75) is 12.5 Å². The second-order valence-corrected chi connectivity index (χ2v) is 7.55. The number of anilines is 1. The highest BCUT2D eigenvalue weighted by Crippen LogP contribution is 2.53. The van der Waals surface area contributed by atoms with E-state index in [2.05, 4.69) is 0 Å². The molecule has 1 saturated heterocycles. The smallest absolute Gasteiger partial charge is 0.296 e. The van der Waals surface area contributed by atoms with Crippen LogP contribution in [0.15, 0.2) is 54.1 Å². The SMILES string of the molecule is CCOc1ccc(C(O)=C2C(=O)C(=O)N(CCOC)[C@]23C(=O)N(C)c2ccccc23)cc1. The van der Waals surface area contributed by atoms with E-state index in [1.165, 1.54) is 16.9 Å². The standard InChI is InChI=1S/C24H24N2O6/c1-4-32-16-11-9-15(10-12-16)20(27)19-21(28)22(29)26(13-14-31-3)24(19)17-7-5-6-8-18(17)25(2)23(24)30/h5-12,27H,4,13-14H2,1-3H3/t24-/m0/s1. The highest BCUT2D eigenvalue weighted by atomic mass is 16.5. The predicted octanol–water partition coefficient (Wildman–Crippen LogP) is 2.28. The number of methoxy groups -OCH3 is 1. The summed E-state index contributed by atoms with van der Waals surface area (Å²) in [6, 6.07) is 13.4. The van der Waals surface area contributed by atoms with Crippen LogP contribution in [0.2, 0.25) is 0 Å². The number of ether oxygens (including phenoxy) is 2. The van der Waals surface area contributed by atoms with Crippen molar-refractivity contribution in [2.24, 2.45) is 0 Å². The van der Waals surface area contributed by atoms with E-state index in [0.717, 1.165) is 0 Å². The van der Waals surface area contributed by atoms with E-state index in [-0.39, 0.29) is 18.7 Å². The van der Waals surface area contributed by atoms with Crippen molar-refractivity contribution in [3.05, 3.63) is 65.2 Å². The van der Waals surface area contributed by atoms with Gasteiger partial charge in [0, 0.05) is 37.5 Å². The van der Waals surface area contributed by atoms with Crippen molar-refractivity contribution < 1.29 is 29.0 Å². The molecule has 1 spiro atoms. The molecule has 2 heterocycles. The molecule has 2 aromatic rings. The number of Topliss-reactive ketones (excluding diaryl/α,β-unsaturated/α-hetero) is 1. The lowest BCUT2D eigenvalue weighted by Gasteiger charge is -2.34. The Kier molecular flexibility index (Phi) is 5.48. The van der Waals surface area contributed by atoms with Crippen LogP contribution in [0.5, 0.6) is 5.75 Å². The van der Waals surface area contributed by atoms with Crippen LogP contribution in [0, 0.1) is 0 Å². The molecule has 0 unspecified atom stereocenters. The van der Waals surface area contributed by atoms with Gasteiger partial charge in [0.1, 0.15) is 11.5 Å². The first kappa shape index (κ1) is 21.6. The summed E-state index contributed by atoms with van der Waals surface area (Å²) < 4.78 is 10.6.